The Labute approximate surface area is 153 Å². The zero-order valence-corrected chi connectivity index (χ0v) is 15.7. The first-order valence-corrected chi connectivity index (χ1v) is 10.6. The molecule has 2 fully saturated rings. The molecule has 1 aromatic rings. The minimum atomic E-state index is -2.96. The molecule has 0 spiro atoms. The number of hydrogen-bond acceptors (Lipinski definition) is 8. The fourth-order valence-electron chi connectivity index (χ4n) is 3.13. The molecule has 2 aliphatic heterocycles. The third kappa shape index (κ3) is 4.89. The Balaban J connectivity index is 1.49. The summed E-state index contributed by atoms with van der Waals surface area (Å²) < 4.78 is 28.5. The van der Waals surface area contributed by atoms with Crippen molar-refractivity contribution in [1.29, 1.82) is 0 Å². The summed E-state index contributed by atoms with van der Waals surface area (Å²) in [6.45, 7) is 4.55. The number of amides is 1. The van der Waals surface area contributed by atoms with Crippen molar-refractivity contribution >= 4 is 21.6 Å². The lowest BCUT2D eigenvalue weighted by Crippen LogP contribution is -2.41. The predicted molar refractivity (Wildman–Crippen MR) is 97.1 cm³/mol. The maximum atomic E-state index is 12.2. The molecule has 0 radical (unpaired) electrons. The van der Waals surface area contributed by atoms with E-state index >= 15 is 0 Å². The van der Waals surface area contributed by atoms with E-state index in [0.29, 0.717) is 18.8 Å². The van der Waals surface area contributed by atoms with Gasteiger partial charge in [0.1, 0.15) is 11.5 Å². The largest absolute Gasteiger partial charge is 0.379 e. The molecule has 0 saturated carbocycles. The highest BCUT2D eigenvalue weighted by molar-refractivity contribution is 7.91. The SMILES string of the molecule is CN(c1cnc(C(=O)NCCN2CCOCC2)cn1)C1CCS(=O)(=O)C1. The minimum Gasteiger partial charge on any atom is -0.379 e. The van der Waals surface area contributed by atoms with Gasteiger partial charge in [0.25, 0.3) is 5.91 Å². The highest BCUT2D eigenvalue weighted by Gasteiger charge is 2.31. The van der Waals surface area contributed by atoms with Gasteiger partial charge in [-0.3, -0.25) is 9.69 Å². The van der Waals surface area contributed by atoms with Crippen molar-refractivity contribution in [3.8, 4) is 0 Å². The summed E-state index contributed by atoms with van der Waals surface area (Å²) in [5.41, 5.74) is 0.253. The summed E-state index contributed by atoms with van der Waals surface area (Å²) in [5.74, 6) is 0.647. The zero-order valence-electron chi connectivity index (χ0n) is 14.9. The number of sulfone groups is 1. The normalized spacial score (nSPS) is 22.9. The molecule has 26 heavy (non-hydrogen) atoms. The van der Waals surface area contributed by atoms with Gasteiger partial charge in [0.15, 0.2) is 9.84 Å². The van der Waals surface area contributed by atoms with Crippen LogP contribution < -0.4 is 10.2 Å². The third-order valence-corrected chi connectivity index (χ3v) is 6.56. The molecule has 0 bridgehead atoms. The van der Waals surface area contributed by atoms with E-state index in [4.69, 9.17) is 4.74 Å². The maximum Gasteiger partial charge on any atom is 0.271 e. The fraction of sp³-hybridized carbons (Fsp3) is 0.688. The van der Waals surface area contributed by atoms with E-state index in [-0.39, 0.29) is 29.1 Å². The zero-order chi connectivity index (χ0) is 18.6. The maximum absolute atomic E-state index is 12.2. The van der Waals surface area contributed by atoms with Gasteiger partial charge >= 0.3 is 0 Å². The van der Waals surface area contributed by atoms with E-state index in [0.717, 1.165) is 32.8 Å². The van der Waals surface area contributed by atoms with Crippen LogP contribution in [0.25, 0.3) is 0 Å². The van der Waals surface area contributed by atoms with E-state index in [1.807, 2.05) is 4.90 Å². The number of hydrogen-bond donors (Lipinski definition) is 1. The highest BCUT2D eigenvalue weighted by Crippen LogP contribution is 2.20. The summed E-state index contributed by atoms with van der Waals surface area (Å²) in [5, 5.41) is 2.84. The van der Waals surface area contributed by atoms with Crippen LogP contribution in [0.2, 0.25) is 0 Å². The monoisotopic (exact) mass is 383 g/mol. The fourth-order valence-corrected chi connectivity index (χ4v) is 4.91. The molecular weight excluding hydrogens is 358 g/mol. The molecule has 1 aromatic heterocycles. The van der Waals surface area contributed by atoms with Crippen molar-refractivity contribution in [3.63, 3.8) is 0 Å². The van der Waals surface area contributed by atoms with Gasteiger partial charge in [0.2, 0.25) is 0 Å². The molecule has 3 heterocycles. The van der Waals surface area contributed by atoms with E-state index in [2.05, 4.69) is 20.2 Å². The Morgan fingerprint density at radius 1 is 1.35 bits per heavy atom. The highest BCUT2D eigenvalue weighted by atomic mass is 32.2. The quantitative estimate of drug-likeness (QED) is 0.678. The van der Waals surface area contributed by atoms with Crippen LogP contribution in [0.3, 0.4) is 0 Å². The molecule has 1 atom stereocenters. The number of carbonyl (C=O) groups is 1. The van der Waals surface area contributed by atoms with Gasteiger partial charge in [-0.2, -0.15) is 0 Å². The average molecular weight is 383 g/mol. The lowest BCUT2D eigenvalue weighted by molar-refractivity contribution is 0.0383. The molecule has 0 aliphatic carbocycles. The van der Waals surface area contributed by atoms with Gasteiger partial charge < -0.3 is 15.0 Å². The van der Waals surface area contributed by atoms with Crippen molar-refractivity contribution in [3.05, 3.63) is 18.1 Å². The lowest BCUT2D eigenvalue weighted by Gasteiger charge is -2.26. The summed E-state index contributed by atoms with van der Waals surface area (Å²) in [4.78, 5) is 24.7. The van der Waals surface area contributed by atoms with Gasteiger partial charge in [-0.15, -0.1) is 0 Å². The molecule has 3 rings (SSSR count). The second-order valence-corrected chi connectivity index (χ2v) is 8.87. The first-order chi connectivity index (χ1) is 12.4. The Morgan fingerprint density at radius 2 is 2.12 bits per heavy atom. The van der Waals surface area contributed by atoms with Crippen LogP contribution in [0.1, 0.15) is 16.9 Å². The minimum absolute atomic E-state index is 0.0949. The van der Waals surface area contributed by atoms with Gasteiger partial charge in [0, 0.05) is 39.3 Å². The molecule has 1 unspecified atom stereocenters. The third-order valence-electron chi connectivity index (χ3n) is 4.81. The molecule has 1 amide bonds. The molecule has 2 aliphatic rings. The first-order valence-electron chi connectivity index (χ1n) is 8.78. The van der Waals surface area contributed by atoms with Crippen molar-refractivity contribution < 1.29 is 17.9 Å². The summed E-state index contributed by atoms with van der Waals surface area (Å²) in [6.07, 6.45) is 3.53. The van der Waals surface area contributed by atoms with Crippen molar-refractivity contribution in [1.82, 2.24) is 20.2 Å². The van der Waals surface area contributed by atoms with Crippen molar-refractivity contribution in [2.75, 3.05) is 62.8 Å². The number of rotatable bonds is 6. The molecule has 9 nitrogen and oxygen atoms in total. The Hall–Kier alpha value is -1.78. The number of nitrogens with one attached hydrogen (secondary N) is 1. The molecule has 10 heteroatoms. The van der Waals surface area contributed by atoms with Gasteiger partial charge in [0.05, 0.1) is 37.1 Å². The molecule has 144 valence electrons. The van der Waals surface area contributed by atoms with E-state index in [1.54, 1.807) is 7.05 Å². The van der Waals surface area contributed by atoms with Crippen LogP contribution in [0.15, 0.2) is 12.4 Å². The second-order valence-electron chi connectivity index (χ2n) is 6.64. The summed E-state index contributed by atoms with van der Waals surface area (Å²) in [7, 11) is -1.15. The van der Waals surface area contributed by atoms with Crippen LogP contribution in [-0.2, 0) is 14.6 Å². The predicted octanol–water partition coefficient (Wildman–Crippen LogP) is -0.838. The number of morpholine rings is 1. The number of carbonyl (C=O) groups excluding carboxylic acids is 1. The lowest BCUT2D eigenvalue weighted by atomic mass is 10.2. The first kappa shape index (κ1) is 19.0. The van der Waals surface area contributed by atoms with E-state index in [9.17, 15) is 13.2 Å². The summed E-state index contributed by atoms with van der Waals surface area (Å²) in [6, 6.07) is -0.0949. The van der Waals surface area contributed by atoms with E-state index in [1.165, 1.54) is 12.4 Å². The number of aromatic nitrogens is 2. The average Bonchev–Trinajstić information content (AvgIpc) is 3.02. The van der Waals surface area contributed by atoms with Crippen LogP contribution >= 0.6 is 0 Å². The Kier molecular flexibility index (Phi) is 6.05. The Bertz CT molecular complexity index is 719. The van der Waals surface area contributed by atoms with Crippen LogP contribution in [0, 0.1) is 0 Å². The molecular formula is C16H25N5O4S. The van der Waals surface area contributed by atoms with Crippen LogP contribution in [-0.4, -0.2) is 93.2 Å². The number of anilines is 1. The second kappa shape index (κ2) is 8.28. The van der Waals surface area contributed by atoms with Crippen LogP contribution in [0.5, 0.6) is 0 Å². The van der Waals surface area contributed by atoms with Crippen LogP contribution in [0.4, 0.5) is 5.82 Å². The number of nitrogens with zero attached hydrogens (tertiary/aromatic N) is 4. The van der Waals surface area contributed by atoms with E-state index < -0.39 is 9.84 Å². The van der Waals surface area contributed by atoms with Crippen molar-refractivity contribution in [2.24, 2.45) is 0 Å². The molecule has 0 aromatic carbocycles. The molecule has 2 saturated heterocycles. The number of ether oxygens (including phenoxy) is 1. The van der Waals surface area contributed by atoms with Gasteiger partial charge in [-0.1, -0.05) is 0 Å². The smallest absolute Gasteiger partial charge is 0.271 e. The molecule has 1 N–H and O–H groups in total. The van der Waals surface area contributed by atoms with Crippen molar-refractivity contribution in [2.45, 2.75) is 12.5 Å². The summed E-state index contributed by atoms with van der Waals surface area (Å²) >= 11 is 0. The van der Waals surface area contributed by atoms with Gasteiger partial charge in [-0.05, 0) is 6.42 Å². The Morgan fingerprint density at radius 3 is 2.73 bits per heavy atom. The standard InChI is InChI=1S/C16H25N5O4S/c1-20(13-2-9-26(23,24)12-13)15-11-18-14(10-19-15)16(22)17-3-4-21-5-7-25-8-6-21/h10-11,13H,2-9,12H2,1H3,(H,17,22). The topological polar surface area (TPSA) is 105 Å². The van der Waals surface area contributed by atoms with Gasteiger partial charge in [-0.25, -0.2) is 18.4 Å².